The van der Waals surface area contributed by atoms with Crippen molar-refractivity contribution >= 4 is 5.91 Å². The van der Waals surface area contributed by atoms with Crippen LogP contribution in [0.5, 0.6) is 0 Å². The zero-order valence-electron chi connectivity index (χ0n) is 11.0. The van der Waals surface area contributed by atoms with Gasteiger partial charge in [0.25, 0.3) is 0 Å². The van der Waals surface area contributed by atoms with Crippen LogP contribution in [0.1, 0.15) is 19.3 Å². The van der Waals surface area contributed by atoms with Crippen LogP contribution in [0.3, 0.4) is 0 Å². The van der Waals surface area contributed by atoms with E-state index >= 15 is 0 Å². The monoisotopic (exact) mass is 279 g/mol. The molecule has 2 heterocycles. The van der Waals surface area contributed by atoms with Crippen molar-refractivity contribution in [2.45, 2.75) is 31.5 Å². The molecule has 2 N–H and O–H groups in total. The van der Waals surface area contributed by atoms with Crippen LogP contribution >= 0.6 is 0 Å². The van der Waals surface area contributed by atoms with Gasteiger partial charge < -0.3 is 15.5 Å². The topological polar surface area (TPSA) is 44.4 Å². The minimum atomic E-state index is -4.49. The van der Waals surface area contributed by atoms with E-state index in [0.29, 0.717) is 12.8 Å². The summed E-state index contributed by atoms with van der Waals surface area (Å²) in [6.07, 6.45) is -3.24. The van der Waals surface area contributed by atoms with Gasteiger partial charge in [0.15, 0.2) is 5.41 Å². The first-order valence-corrected chi connectivity index (χ1v) is 6.62. The molecule has 0 aliphatic carbocycles. The van der Waals surface area contributed by atoms with Gasteiger partial charge in [-0.05, 0) is 45.9 Å². The van der Waals surface area contributed by atoms with E-state index in [4.69, 9.17) is 0 Å². The Morgan fingerprint density at radius 1 is 1.37 bits per heavy atom. The summed E-state index contributed by atoms with van der Waals surface area (Å²) < 4.78 is 39.5. The largest absolute Gasteiger partial charge is 0.404 e. The van der Waals surface area contributed by atoms with Gasteiger partial charge in [-0.15, -0.1) is 0 Å². The molecule has 0 aromatic heterocycles. The summed E-state index contributed by atoms with van der Waals surface area (Å²) in [5, 5.41) is 5.26. The molecule has 0 saturated carbocycles. The molecule has 0 aromatic carbocycles. The van der Waals surface area contributed by atoms with Gasteiger partial charge in [-0.1, -0.05) is 0 Å². The molecule has 0 bridgehead atoms. The lowest BCUT2D eigenvalue weighted by Gasteiger charge is -2.34. The van der Waals surface area contributed by atoms with Crippen molar-refractivity contribution in [3.05, 3.63) is 0 Å². The van der Waals surface area contributed by atoms with Crippen molar-refractivity contribution in [3.8, 4) is 0 Å². The van der Waals surface area contributed by atoms with E-state index in [9.17, 15) is 18.0 Å². The fourth-order valence-corrected chi connectivity index (χ4v) is 2.73. The van der Waals surface area contributed by atoms with E-state index in [1.165, 1.54) is 0 Å². The Balaban J connectivity index is 2.01. The molecule has 7 heteroatoms. The minimum absolute atomic E-state index is 0.136. The summed E-state index contributed by atoms with van der Waals surface area (Å²) in [4.78, 5) is 14.2. The Hall–Kier alpha value is -0.820. The number of amides is 1. The first-order chi connectivity index (χ1) is 8.85. The Kier molecular flexibility index (Phi) is 4.06. The smallest absolute Gasteiger partial charge is 0.352 e. The predicted octanol–water partition coefficient (Wildman–Crippen LogP) is 0.739. The maximum absolute atomic E-state index is 13.2. The first kappa shape index (κ1) is 14.6. The number of carbonyl (C=O) groups is 1. The molecule has 0 spiro atoms. The SMILES string of the molecule is CN1CCC(NC(=O)C2(C(F)(F)F)CCNC2)CC1. The number of nitrogens with zero attached hydrogens (tertiary/aromatic N) is 1. The van der Waals surface area contributed by atoms with Gasteiger partial charge in [-0.2, -0.15) is 13.2 Å². The van der Waals surface area contributed by atoms with Gasteiger partial charge >= 0.3 is 6.18 Å². The van der Waals surface area contributed by atoms with Crippen molar-refractivity contribution in [2.75, 3.05) is 33.2 Å². The van der Waals surface area contributed by atoms with Gasteiger partial charge in [0, 0.05) is 12.6 Å². The standard InChI is InChI=1S/C12H20F3N3O/c1-18-6-2-9(3-7-18)17-10(19)11(12(13,14)15)4-5-16-8-11/h9,16H,2-8H2,1H3,(H,17,19). The van der Waals surface area contributed by atoms with Crippen LogP contribution < -0.4 is 10.6 Å². The third-order valence-corrected chi connectivity index (χ3v) is 4.19. The highest BCUT2D eigenvalue weighted by Gasteiger charge is 2.61. The molecule has 2 aliphatic rings. The Morgan fingerprint density at radius 3 is 2.47 bits per heavy atom. The third kappa shape index (κ3) is 2.86. The molecule has 2 rings (SSSR count). The molecule has 2 saturated heterocycles. The fraction of sp³-hybridized carbons (Fsp3) is 0.917. The van der Waals surface area contributed by atoms with Crippen molar-refractivity contribution < 1.29 is 18.0 Å². The molecule has 1 unspecified atom stereocenters. The van der Waals surface area contributed by atoms with E-state index in [1.807, 2.05) is 7.05 Å². The molecule has 2 fully saturated rings. The third-order valence-electron chi connectivity index (χ3n) is 4.19. The van der Waals surface area contributed by atoms with Gasteiger partial charge in [0.05, 0.1) is 0 Å². The number of carbonyl (C=O) groups excluding carboxylic acids is 1. The lowest BCUT2D eigenvalue weighted by atomic mass is 9.84. The van der Waals surface area contributed by atoms with Gasteiger partial charge in [0.1, 0.15) is 0 Å². The van der Waals surface area contributed by atoms with Crippen LogP contribution in [-0.2, 0) is 4.79 Å². The molecule has 0 radical (unpaired) electrons. The number of hydrogen-bond donors (Lipinski definition) is 2. The number of piperidine rings is 1. The number of rotatable bonds is 2. The van der Waals surface area contributed by atoms with Gasteiger partial charge in [-0.3, -0.25) is 4.79 Å². The van der Waals surface area contributed by atoms with Crippen LogP contribution in [0.25, 0.3) is 0 Å². The molecule has 1 amide bonds. The van der Waals surface area contributed by atoms with Crippen LogP contribution in [0.4, 0.5) is 13.2 Å². The van der Waals surface area contributed by atoms with Crippen LogP contribution in [0.2, 0.25) is 0 Å². The molecule has 110 valence electrons. The summed E-state index contributed by atoms with van der Waals surface area (Å²) in [5.41, 5.74) is -2.24. The lowest BCUT2D eigenvalue weighted by Crippen LogP contribution is -2.55. The second-order valence-electron chi connectivity index (χ2n) is 5.56. The highest BCUT2D eigenvalue weighted by atomic mass is 19.4. The Morgan fingerprint density at radius 2 is 2.00 bits per heavy atom. The first-order valence-electron chi connectivity index (χ1n) is 6.62. The normalized spacial score (nSPS) is 30.5. The van der Waals surface area contributed by atoms with Crippen LogP contribution in [-0.4, -0.2) is 56.3 Å². The van der Waals surface area contributed by atoms with Crippen LogP contribution in [0.15, 0.2) is 0 Å². The van der Waals surface area contributed by atoms with Crippen molar-refractivity contribution in [3.63, 3.8) is 0 Å². The summed E-state index contributed by atoms with van der Waals surface area (Å²) in [6.45, 7) is 1.54. The van der Waals surface area contributed by atoms with E-state index in [0.717, 1.165) is 13.1 Å². The summed E-state index contributed by atoms with van der Waals surface area (Å²) in [5.74, 6) is -0.862. The molecule has 0 aromatic rings. The van der Waals surface area contributed by atoms with Crippen molar-refractivity contribution in [2.24, 2.45) is 5.41 Å². The zero-order chi connectivity index (χ0) is 14.1. The molecular formula is C12H20F3N3O. The Bertz CT molecular complexity index is 332. The van der Waals surface area contributed by atoms with Crippen LogP contribution in [0, 0.1) is 5.41 Å². The number of alkyl halides is 3. The second-order valence-corrected chi connectivity index (χ2v) is 5.56. The van der Waals surface area contributed by atoms with E-state index < -0.39 is 17.5 Å². The van der Waals surface area contributed by atoms with Crippen molar-refractivity contribution in [1.82, 2.24) is 15.5 Å². The summed E-state index contributed by atoms with van der Waals surface area (Å²) in [7, 11) is 1.97. The highest BCUT2D eigenvalue weighted by Crippen LogP contribution is 2.43. The predicted molar refractivity (Wildman–Crippen MR) is 64.6 cm³/mol. The van der Waals surface area contributed by atoms with Gasteiger partial charge in [-0.25, -0.2) is 0 Å². The quantitative estimate of drug-likeness (QED) is 0.783. The average molecular weight is 279 g/mol. The maximum Gasteiger partial charge on any atom is 0.404 e. The lowest BCUT2D eigenvalue weighted by molar-refractivity contribution is -0.216. The fourth-order valence-electron chi connectivity index (χ4n) is 2.73. The summed E-state index contributed by atoms with van der Waals surface area (Å²) >= 11 is 0. The maximum atomic E-state index is 13.2. The number of halogens is 3. The number of hydrogen-bond acceptors (Lipinski definition) is 3. The minimum Gasteiger partial charge on any atom is -0.352 e. The zero-order valence-corrected chi connectivity index (χ0v) is 11.0. The van der Waals surface area contributed by atoms with E-state index in [1.54, 1.807) is 0 Å². The molecule has 1 atom stereocenters. The number of nitrogens with one attached hydrogen (secondary N) is 2. The highest BCUT2D eigenvalue weighted by molar-refractivity contribution is 5.84. The second kappa shape index (κ2) is 5.28. The van der Waals surface area contributed by atoms with E-state index in [2.05, 4.69) is 15.5 Å². The van der Waals surface area contributed by atoms with Crippen molar-refractivity contribution in [1.29, 1.82) is 0 Å². The Labute approximate surface area is 110 Å². The molecule has 19 heavy (non-hydrogen) atoms. The molecule has 2 aliphatic heterocycles. The summed E-state index contributed by atoms with van der Waals surface area (Å²) in [6, 6.07) is -0.136. The number of likely N-dealkylation sites (tertiary alicyclic amines) is 1. The molecular weight excluding hydrogens is 259 g/mol. The molecule has 4 nitrogen and oxygen atoms in total. The van der Waals surface area contributed by atoms with E-state index in [-0.39, 0.29) is 25.6 Å². The average Bonchev–Trinajstić information content (AvgIpc) is 2.82. The van der Waals surface area contributed by atoms with Gasteiger partial charge in [0.2, 0.25) is 5.91 Å².